The van der Waals surface area contributed by atoms with Crippen molar-refractivity contribution in [3.8, 4) is 0 Å². The van der Waals surface area contributed by atoms with Crippen molar-refractivity contribution >= 4 is 5.90 Å². The Morgan fingerprint density at radius 2 is 2.30 bits per heavy atom. The minimum absolute atomic E-state index is 0.712. The summed E-state index contributed by atoms with van der Waals surface area (Å²) in [5, 5.41) is 0. The van der Waals surface area contributed by atoms with Gasteiger partial charge in [-0.2, -0.15) is 0 Å². The maximum atomic E-state index is 4.96. The van der Waals surface area contributed by atoms with Crippen molar-refractivity contribution in [2.24, 2.45) is 4.99 Å². The van der Waals surface area contributed by atoms with Gasteiger partial charge in [0.15, 0.2) is 0 Å². The van der Waals surface area contributed by atoms with Gasteiger partial charge < -0.3 is 4.74 Å². The Kier molecular flexibility index (Phi) is 5.83. The predicted octanol–water partition coefficient (Wildman–Crippen LogP) is 2.02. The van der Waals surface area contributed by atoms with E-state index < -0.39 is 0 Å². The van der Waals surface area contributed by atoms with Crippen molar-refractivity contribution in [1.82, 2.24) is 0 Å². The lowest BCUT2D eigenvalue weighted by Gasteiger charge is -1.96. The van der Waals surface area contributed by atoms with Crippen LogP contribution in [-0.2, 0) is 4.74 Å². The van der Waals surface area contributed by atoms with Gasteiger partial charge in [-0.05, 0) is 19.4 Å². The fourth-order valence-electron chi connectivity index (χ4n) is 0.550. The lowest BCUT2D eigenvalue weighted by atomic mass is 10.5. The molecular formula is C8H15NO. The molecular weight excluding hydrogens is 126 g/mol. The summed E-state index contributed by atoms with van der Waals surface area (Å²) in [6.45, 7) is 4.88. The molecule has 0 rings (SSSR count). The molecule has 10 heavy (non-hydrogen) atoms. The summed E-state index contributed by atoms with van der Waals surface area (Å²) in [7, 11) is 1.63. The molecule has 0 spiro atoms. The van der Waals surface area contributed by atoms with Crippen LogP contribution in [-0.4, -0.2) is 19.6 Å². The highest BCUT2D eigenvalue weighted by Crippen LogP contribution is 1.85. The van der Waals surface area contributed by atoms with E-state index in [1.807, 2.05) is 19.1 Å². The molecule has 0 aliphatic heterocycles. The zero-order valence-corrected chi connectivity index (χ0v) is 6.92. The average Bonchev–Trinajstić information content (AvgIpc) is 1.98. The molecule has 0 bridgehead atoms. The Labute approximate surface area is 62.6 Å². The number of ether oxygens (including phenoxy) is 1. The fourth-order valence-corrected chi connectivity index (χ4v) is 0.550. The Bertz CT molecular complexity index is 127. The Balaban J connectivity index is 3.78. The summed E-state index contributed by atoms with van der Waals surface area (Å²) in [6, 6.07) is 0. The number of rotatable bonds is 3. The van der Waals surface area contributed by atoms with Gasteiger partial charge in [-0.15, -0.1) is 0 Å². The lowest BCUT2D eigenvalue weighted by molar-refractivity contribution is 0.404. The number of hydrogen-bond donors (Lipinski definition) is 0. The third-order valence-corrected chi connectivity index (χ3v) is 1.01. The quantitative estimate of drug-likeness (QED) is 0.435. The third kappa shape index (κ3) is 4.13. The summed E-state index contributed by atoms with van der Waals surface area (Å²) in [5.74, 6) is 0.712. The molecule has 0 heterocycles. The molecule has 0 aliphatic rings. The first kappa shape index (κ1) is 9.21. The molecule has 0 fully saturated rings. The number of aliphatic imine (C=N–C) groups is 1. The van der Waals surface area contributed by atoms with Crippen molar-refractivity contribution < 1.29 is 4.74 Å². The molecule has 0 saturated heterocycles. The van der Waals surface area contributed by atoms with E-state index in [0.717, 1.165) is 13.0 Å². The summed E-state index contributed by atoms with van der Waals surface area (Å²) in [4.78, 5) is 4.16. The molecule has 2 heteroatoms. The number of methoxy groups -OCH3 is 1. The molecule has 0 aromatic rings. The first-order valence-electron chi connectivity index (χ1n) is 3.56. The molecule has 2 nitrogen and oxygen atoms in total. The smallest absolute Gasteiger partial charge is 0.207 e. The molecule has 0 atom stereocenters. The van der Waals surface area contributed by atoms with Gasteiger partial charge >= 0.3 is 0 Å². The molecule has 58 valence electrons. The van der Waals surface area contributed by atoms with E-state index in [9.17, 15) is 0 Å². The zero-order chi connectivity index (χ0) is 7.82. The standard InChI is InChI=1S/C8H15NO/c1-4-6-8(10-3)9-7-5-2/h4,6H,5,7H2,1-3H3/b6-4+,9-8?. The van der Waals surface area contributed by atoms with Gasteiger partial charge in [0.2, 0.25) is 5.90 Å². The minimum Gasteiger partial charge on any atom is -0.481 e. The van der Waals surface area contributed by atoms with Crippen LogP contribution in [0.5, 0.6) is 0 Å². The van der Waals surface area contributed by atoms with Crippen LogP contribution >= 0.6 is 0 Å². The molecule has 0 aromatic heterocycles. The molecule has 0 unspecified atom stereocenters. The van der Waals surface area contributed by atoms with Gasteiger partial charge in [-0.25, -0.2) is 0 Å². The van der Waals surface area contributed by atoms with Crippen molar-refractivity contribution in [1.29, 1.82) is 0 Å². The van der Waals surface area contributed by atoms with Crippen molar-refractivity contribution in [3.05, 3.63) is 12.2 Å². The van der Waals surface area contributed by atoms with Crippen LogP contribution in [0.15, 0.2) is 17.1 Å². The van der Waals surface area contributed by atoms with Crippen LogP contribution in [0.3, 0.4) is 0 Å². The maximum absolute atomic E-state index is 4.96. The van der Waals surface area contributed by atoms with E-state index >= 15 is 0 Å². The zero-order valence-electron chi connectivity index (χ0n) is 6.92. The summed E-state index contributed by atoms with van der Waals surface area (Å²) < 4.78 is 4.96. The first-order valence-corrected chi connectivity index (χ1v) is 3.56. The SMILES string of the molecule is C/C=C/C(=NCCC)OC. The van der Waals surface area contributed by atoms with Gasteiger partial charge in [0, 0.05) is 6.54 Å². The van der Waals surface area contributed by atoms with Crippen LogP contribution in [0, 0.1) is 0 Å². The van der Waals surface area contributed by atoms with E-state index in [2.05, 4.69) is 11.9 Å². The lowest BCUT2D eigenvalue weighted by Crippen LogP contribution is -1.97. The molecule has 0 N–H and O–H groups in total. The topological polar surface area (TPSA) is 21.6 Å². The monoisotopic (exact) mass is 141 g/mol. The second-order valence-corrected chi connectivity index (χ2v) is 1.92. The van der Waals surface area contributed by atoms with E-state index in [1.165, 1.54) is 0 Å². The van der Waals surface area contributed by atoms with Crippen molar-refractivity contribution in [2.45, 2.75) is 20.3 Å². The highest BCUT2D eigenvalue weighted by Gasteiger charge is 1.86. The normalized spacial score (nSPS) is 12.5. The Morgan fingerprint density at radius 3 is 2.70 bits per heavy atom. The number of nitrogens with zero attached hydrogens (tertiary/aromatic N) is 1. The van der Waals surface area contributed by atoms with Gasteiger partial charge in [-0.1, -0.05) is 13.0 Å². The van der Waals surface area contributed by atoms with Gasteiger partial charge in [0.05, 0.1) is 7.11 Å². The van der Waals surface area contributed by atoms with Crippen LogP contribution in [0.2, 0.25) is 0 Å². The molecule has 0 aromatic carbocycles. The van der Waals surface area contributed by atoms with Crippen LogP contribution in [0.25, 0.3) is 0 Å². The summed E-state index contributed by atoms with van der Waals surface area (Å²) >= 11 is 0. The fraction of sp³-hybridized carbons (Fsp3) is 0.625. The van der Waals surface area contributed by atoms with E-state index in [1.54, 1.807) is 7.11 Å². The van der Waals surface area contributed by atoms with Crippen LogP contribution in [0.1, 0.15) is 20.3 Å². The van der Waals surface area contributed by atoms with Gasteiger partial charge in [0.1, 0.15) is 0 Å². The second-order valence-electron chi connectivity index (χ2n) is 1.92. The highest BCUT2D eigenvalue weighted by molar-refractivity contribution is 5.87. The molecule has 0 amide bonds. The second kappa shape index (κ2) is 6.33. The van der Waals surface area contributed by atoms with Gasteiger partial charge in [-0.3, -0.25) is 4.99 Å². The predicted molar refractivity (Wildman–Crippen MR) is 44.4 cm³/mol. The van der Waals surface area contributed by atoms with Crippen molar-refractivity contribution in [2.75, 3.05) is 13.7 Å². The summed E-state index contributed by atoms with van der Waals surface area (Å²) in [5.41, 5.74) is 0. The average molecular weight is 141 g/mol. The first-order chi connectivity index (χ1) is 4.85. The minimum atomic E-state index is 0.712. The molecule has 0 saturated carbocycles. The van der Waals surface area contributed by atoms with Crippen LogP contribution in [0.4, 0.5) is 0 Å². The van der Waals surface area contributed by atoms with E-state index in [-0.39, 0.29) is 0 Å². The summed E-state index contributed by atoms with van der Waals surface area (Å²) in [6.07, 6.45) is 4.83. The number of allylic oxidation sites excluding steroid dienone is 1. The molecule has 0 aliphatic carbocycles. The number of hydrogen-bond acceptors (Lipinski definition) is 2. The van der Waals surface area contributed by atoms with Crippen LogP contribution < -0.4 is 0 Å². The van der Waals surface area contributed by atoms with E-state index in [0.29, 0.717) is 5.90 Å². The largest absolute Gasteiger partial charge is 0.481 e. The third-order valence-electron chi connectivity index (χ3n) is 1.01. The molecule has 0 radical (unpaired) electrons. The van der Waals surface area contributed by atoms with Crippen molar-refractivity contribution in [3.63, 3.8) is 0 Å². The Morgan fingerprint density at radius 1 is 1.60 bits per heavy atom. The highest BCUT2D eigenvalue weighted by atomic mass is 16.5. The maximum Gasteiger partial charge on any atom is 0.207 e. The van der Waals surface area contributed by atoms with Gasteiger partial charge in [0.25, 0.3) is 0 Å². The van der Waals surface area contributed by atoms with E-state index in [4.69, 9.17) is 4.74 Å². The Hall–Kier alpha value is -0.790.